The van der Waals surface area contributed by atoms with E-state index in [1.807, 2.05) is 17.0 Å². The van der Waals surface area contributed by atoms with Crippen molar-refractivity contribution in [3.8, 4) is 0 Å². The van der Waals surface area contributed by atoms with E-state index in [0.29, 0.717) is 42.1 Å². The first-order valence-electron chi connectivity index (χ1n) is 16.3. The topological polar surface area (TPSA) is 137 Å². The van der Waals surface area contributed by atoms with E-state index in [-0.39, 0.29) is 23.1 Å². The fourth-order valence-corrected chi connectivity index (χ4v) is 6.88. The van der Waals surface area contributed by atoms with E-state index in [0.717, 1.165) is 80.6 Å². The number of nitrogens with one attached hydrogen (secondary N) is 1. The summed E-state index contributed by atoms with van der Waals surface area (Å²) < 4.78 is 5.04. The third kappa shape index (κ3) is 5.26. The van der Waals surface area contributed by atoms with Crippen LogP contribution >= 0.6 is 0 Å². The van der Waals surface area contributed by atoms with Gasteiger partial charge in [0.2, 0.25) is 0 Å². The fourth-order valence-electron chi connectivity index (χ4n) is 6.88. The van der Waals surface area contributed by atoms with Crippen molar-refractivity contribution in [1.29, 1.82) is 0 Å². The molecule has 232 valence electrons. The van der Waals surface area contributed by atoms with Gasteiger partial charge in [-0.2, -0.15) is 10.1 Å². The van der Waals surface area contributed by atoms with Crippen LogP contribution in [0.1, 0.15) is 91.6 Å². The number of carbonyl (C=O) groups excluding carboxylic acids is 1. The van der Waals surface area contributed by atoms with Crippen LogP contribution < -0.4 is 21.9 Å². The molecule has 1 aliphatic heterocycles. The summed E-state index contributed by atoms with van der Waals surface area (Å²) in [6.45, 7) is 6.10. The van der Waals surface area contributed by atoms with Gasteiger partial charge < -0.3 is 15.6 Å². The molecule has 3 fully saturated rings. The zero-order chi connectivity index (χ0) is 30.5. The molecule has 1 amide bonds. The Balaban J connectivity index is 0.000000144. The highest BCUT2D eigenvalue weighted by atomic mass is 16.2. The molecule has 0 atom stereocenters. The highest BCUT2D eigenvalue weighted by Gasteiger charge is 2.35. The van der Waals surface area contributed by atoms with Crippen molar-refractivity contribution in [2.75, 3.05) is 17.2 Å². The largest absolute Gasteiger partial charge is 0.369 e. The van der Waals surface area contributed by atoms with Gasteiger partial charge >= 0.3 is 5.69 Å². The summed E-state index contributed by atoms with van der Waals surface area (Å²) in [7, 11) is 0. The Morgan fingerprint density at radius 2 is 1.64 bits per heavy atom. The number of para-hydroxylation sites is 1. The third-order valence-electron chi connectivity index (χ3n) is 9.69. The lowest BCUT2D eigenvalue weighted by molar-refractivity contribution is 0.0967. The van der Waals surface area contributed by atoms with Crippen LogP contribution in [0.2, 0.25) is 0 Å². The lowest BCUT2D eigenvalue weighted by Gasteiger charge is -2.29. The van der Waals surface area contributed by atoms with Gasteiger partial charge in [0.05, 0.1) is 11.7 Å². The number of aromatic nitrogens is 6. The van der Waals surface area contributed by atoms with Crippen molar-refractivity contribution in [2.24, 2.45) is 11.8 Å². The molecule has 4 aromatic rings. The molecule has 0 unspecified atom stereocenters. The van der Waals surface area contributed by atoms with Crippen LogP contribution in [0.5, 0.6) is 0 Å². The number of benzene rings is 1. The van der Waals surface area contributed by atoms with E-state index in [1.54, 1.807) is 4.57 Å². The van der Waals surface area contributed by atoms with Crippen molar-refractivity contribution in [3.63, 3.8) is 0 Å². The summed E-state index contributed by atoms with van der Waals surface area (Å²) in [5, 5.41) is 4.86. The summed E-state index contributed by atoms with van der Waals surface area (Å²) in [5.74, 6) is 1.31. The average Bonchev–Trinajstić information content (AvgIpc) is 3.88. The van der Waals surface area contributed by atoms with Gasteiger partial charge in [0.15, 0.2) is 17.1 Å². The number of anilines is 2. The molecule has 4 aliphatic rings. The van der Waals surface area contributed by atoms with Gasteiger partial charge in [-0.3, -0.25) is 23.4 Å². The number of hydrogen-bond donors (Lipinski definition) is 2. The summed E-state index contributed by atoms with van der Waals surface area (Å²) >= 11 is 0. The zero-order valence-electron chi connectivity index (χ0n) is 25.7. The zero-order valence-corrected chi connectivity index (χ0v) is 25.7. The van der Waals surface area contributed by atoms with Crippen LogP contribution in [0.4, 0.5) is 11.6 Å². The first kappa shape index (κ1) is 28.6. The smallest absolute Gasteiger partial charge is 0.332 e. The van der Waals surface area contributed by atoms with Crippen molar-refractivity contribution in [3.05, 3.63) is 67.6 Å². The van der Waals surface area contributed by atoms with E-state index >= 15 is 0 Å². The molecule has 3 aromatic heterocycles. The molecule has 3 saturated carbocycles. The van der Waals surface area contributed by atoms with Crippen molar-refractivity contribution >= 4 is 28.7 Å². The van der Waals surface area contributed by atoms with E-state index in [9.17, 15) is 14.4 Å². The first-order chi connectivity index (χ1) is 21.3. The molecule has 4 heterocycles. The molecule has 44 heavy (non-hydrogen) atoms. The van der Waals surface area contributed by atoms with Gasteiger partial charge in [0.25, 0.3) is 11.5 Å². The lowest BCUT2D eigenvalue weighted by atomic mass is 10.0. The maximum Gasteiger partial charge on any atom is 0.332 e. The van der Waals surface area contributed by atoms with Gasteiger partial charge in [-0.25, -0.2) is 4.79 Å². The van der Waals surface area contributed by atoms with Crippen LogP contribution in [0.3, 0.4) is 0 Å². The minimum atomic E-state index is -0.298. The second kappa shape index (κ2) is 11.4. The van der Waals surface area contributed by atoms with Crippen LogP contribution in [0.25, 0.3) is 11.2 Å². The lowest BCUT2D eigenvalue weighted by Crippen LogP contribution is -2.41. The van der Waals surface area contributed by atoms with Gasteiger partial charge in [0, 0.05) is 30.9 Å². The molecule has 11 heteroatoms. The average molecular weight is 599 g/mol. The quantitative estimate of drug-likeness (QED) is 0.324. The molecule has 1 aromatic carbocycles. The highest BCUT2D eigenvalue weighted by molar-refractivity contribution is 6.07. The predicted octanol–water partition coefficient (Wildman–Crippen LogP) is 4.36. The van der Waals surface area contributed by atoms with Crippen molar-refractivity contribution < 1.29 is 4.79 Å². The maximum atomic E-state index is 13.3. The van der Waals surface area contributed by atoms with Gasteiger partial charge in [-0.05, 0) is 81.8 Å². The Morgan fingerprint density at radius 1 is 0.955 bits per heavy atom. The summed E-state index contributed by atoms with van der Waals surface area (Å²) in [6.07, 6.45) is 11.1. The monoisotopic (exact) mass is 598 g/mol. The number of nitrogens with two attached hydrogens (primary N) is 1. The Kier molecular flexibility index (Phi) is 7.42. The number of aromatic amines is 1. The number of nitrogen functional groups attached to an aromatic ring is 1. The Hall–Kier alpha value is -4.15. The maximum absolute atomic E-state index is 13.3. The molecule has 3 aliphatic carbocycles. The Bertz CT molecular complexity index is 1830. The van der Waals surface area contributed by atoms with Crippen LogP contribution in [-0.2, 0) is 25.9 Å². The number of fused-ring (bicyclic) bond motifs is 2. The molecular weight excluding hydrogens is 556 g/mol. The molecule has 0 saturated heterocycles. The van der Waals surface area contributed by atoms with Gasteiger partial charge in [-0.1, -0.05) is 38.0 Å². The predicted molar refractivity (Wildman–Crippen MR) is 170 cm³/mol. The summed E-state index contributed by atoms with van der Waals surface area (Å²) in [5.41, 5.74) is 11.2. The standard InChI is InChI=1S/C20H25N3O.C13H17N5O2/c1-3-17-16-12-13-22(18-11-7-4-8-14(18)2)20(24)19(16)23(21-17)15-9-5-6-10-15;14-12-15-9-10(16-12)17(5-7-1-2-7)13(20)18(11(9)19)6-8-3-4-8/h4,7-8,11,15H,3,5-6,9-10,12-13H2,1-2H3;7-8H,1-6H2,(H3,14,15,16). The molecule has 0 bridgehead atoms. The molecular formula is C33H42N8O3. The first-order valence-corrected chi connectivity index (χ1v) is 16.3. The second-order valence-electron chi connectivity index (χ2n) is 13.0. The number of imidazole rings is 1. The highest BCUT2D eigenvalue weighted by Crippen LogP contribution is 2.36. The Labute approximate surface area is 256 Å². The van der Waals surface area contributed by atoms with Crippen molar-refractivity contribution in [1.82, 2.24) is 28.9 Å². The Morgan fingerprint density at radius 3 is 2.30 bits per heavy atom. The minimum Gasteiger partial charge on any atom is -0.369 e. The SMILES string of the molecule is CCc1nn(C2CCCC2)c2c1CCN(c1ccccc1C)C2=O.Nc1nc2c([nH]1)c(=O)n(CC1CC1)c(=O)n2CC1CC1. The fraction of sp³-hybridized carbons (Fsp3) is 0.545. The van der Waals surface area contributed by atoms with E-state index in [1.165, 1.54) is 23.0 Å². The molecule has 3 N–H and O–H groups in total. The molecule has 0 spiro atoms. The van der Waals surface area contributed by atoms with Crippen LogP contribution in [0, 0.1) is 18.8 Å². The second-order valence-corrected chi connectivity index (χ2v) is 13.0. The van der Waals surface area contributed by atoms with E-state index in [2.05, 4.69) is 40.6 Å². The van der Waals surface area contributed by atoms with E-state index < -0.39 is 0 Å². The summed E-state index contributed by atoms with van der Waals surface area (Å²) in [4.78, 5) is 47.2. The minimum absolute atomic E-state index is 0.129. The third-order valence-corrected chi connectivity index (χ3v) is 9.69. The van der Waals surface area contributed by atoms with Gasteiger partial charge in [0.1, 0.15) is 5.69 Å². The molecule has 11 nitrogen and oxygen atoms in total. The number of amides is 1. The molecule has 8 rings (SSSR count). The summed E-state index contributed by atoms with van der Waals surface area (Å²) in [6, 6.07) is 8.56. The number of rotatable bonds is 7. The van der Waals surface area contributed by atoms with Crippen LogP contribution in [-0.4, -0.2) is 41.3 Å². The van der Waals surface area contributed by atoms with Crippen LogP contribution in [0.15, 0.2) is 33.9 Å². The normalized spacial score (nSPS) is 18.5. The molecule has 0 radical (unpaired) electrons. The number of hydrogen-bond acceptors (Lipinski definition) is 6. The number of nitrogens with zero attached hydrogens (tertiary/aromatic N) is 6. The number of carbonyl (C=O) groups is 1. The van der Waals surface area contributed by atoms with Gasteiger partial charge in [-0.15, -0.1) is 0 Å². The number of aryl methyl sites for hydroxylation is 2. The number of H-pyrrole nitrogens is 1. The van der Waals surface area contributed by atoms with Crippen molar-refractivity contribution in [2.45, 2.75) is 97.2 Å². The van der Waals surface area contributed by atoms with E-state index in [4.69, 9.17) is 10.8 Å².